The molecule has 0 bridgehead atoms. The summed E-state index contributed by atoms with van der Waals surface area (Å²) in [6.07, 6.45) is 1.39. The van der Waals surface area contributed by atoms with Gasteiger partial charge in [-0.25, -0.2) is 0 Å². The van der Waals surface area contributed by atoms with Crippen LogP contribution < -0.4 is 0 Å². The van der Waals surface area contributed by atoms with Crippen LogP contribution >= 0.6 is 0 Å². The number of aryl methyl sites for hydroxylation is 1. The standard InChI is InChI=1S/C11H14/c1-8-3-5-10(6-4-8)11-7-9(11)2/h3-6,9,11H,7H2,1-2H3/t9-,11+/m0/s1. The van der Waals surface area contributed by atoms with Crippen molar-refractivity contribution in [1.29, 1.82) is 0 Å². The van der Waals surface area contributed by atoms with Crippen molar-refractivity contribution in [1.82, 2.24) is 0 Å². The van der Waals surface area contributed by atoms with E-state index in [0.29, 0.717) is 0 Å². The zero-order valence-corrected chi connectivity index (χ0v) is 7.17. The molecule has 0 heterocycles. The quantitative estimate of drug-likeness (QED) is 0.571. The lowest BCUT2D eigenvalue weighted by atomic mass is 10.1. The van der Waals surface area contributed by atoms with Crippen molar-refractivity contribution in [2.75, 3.05) is 0 Å². The van der Waals surface area contributed by atoms with Gasteiger partial charge < -0.3 is 0 Å². The maximum Gasteiger partial charge on any atom is -0.0133 e. The molecule has 1 saturated carbocycles. The second-order valence-electron chi connectivity index (χ2n) is 3.73. The number of hydrogen-bond donors (Lipinski definition) is 0. The highest BCUT2D eigenvalue weighted by Gasteiger charge is 2.33. The molecule has 0 aliphatic heterocycles. The van der Waals surface area contributed by atoms with Gasteiger partial charge in [0.25, 0.3) is 0 Å². The fourth-order valence-corrected chi connectivity index (χ4v) is 1.60. The second-order valence-corrected chi connectivity index (χ2v) is 3.73. The first-order chi connectivity index (χ1) is 5.27. The van der Waals surface area contributed by atoms with Crippen molar-refractivity contribution in [2.45, 2.75) is 26.2 Å². The van der Waals surface area contributed by atoms with Gasteiger partial charge in [-0.05, 0) is 30.7 Å². The molecule has 0 N–H and O–H groups in total. The average Bonchev–Trinajstić information content (AvgIpc) is 2.69. The van der Waals surface area contributed by atoms with Crippen LogP contribution in [0.25, 0.3) is 0 Å². The van der Waals surface area contributed by atoms with Gasteiger partial charge in [0.05, 0.1) is 0 Å². The van der Waals surface area contributed by atoms with Crippen LogP contribution in [-0.2, 0) is 0 Å². The third-order valence-electron chi connectivity index (χ3n) is 2.61. The molecule has 0 amide bonds. The van der Waals surface area contributed by atoms with Gasteiger partial charge in [0.1, 0.15) is 0 Å². The van der Waals surface area contributed by atoms with Crippen LogP contribution in [0.15, 0.2) is 24.3 Å². The Morgan fingerprint density at radius 2 is 1.73 bits per heavy atom. The van der Waals surface area contributed by atoms with Crippen molar-refractivity contribution in [3.05, 3.63) is 35.4 Å². The van der Waals surface area contributed by atoms with Crippen LogP contribution in [0.4, 0.5) is 0 Å². The van der Waals surface area contributed by atoms with E-state index >= 15 is 0 Å². The van der Waals surface area contributed by atoms with Crippen LogP contribution in [0.2, 0.25) is 0 Å². The predicted molar refractivity (Wildman–Crippen MR) is 47.7 cm³/mol. The van der Waals surface area contributed by atoms with Crippen molar-refractivity contribution >= 4 is 0 Å². The molecule has 0 nitrogen and oxygen atoms in total. The van der Waals surface area contributed by atoms with Gasteiger partial charge in [0.2, 0.25) is 0 Å². The minimum Gasteiger partial charge on any atom is -0.0619 e. The van der Waals surface area contributed by atoms with Gasteiger partial charge >= 0.3 is 0 Å². The van der Waals surface area contributed by atoms with Crippen LogP contribution in [0.5, 0.6) is 0 Å². The smallest absolute Gasteiger partial charge is 0.0133 e. The Labute approximate surface area is 68.3 Å². The first kappa shape index (κ1) is 6.90. The van der Waals surface area contributed by atoms with Gasteiger partial charge in [-0.15, -0.1) is 0 Å². The summed E-state index contributed by atoms with van der Waals surface area (Å²) in [4.78, 5) is 0. The molecule has 0 radical (unpaired) electrons. The van der Waals surface area contributed by atoms with E-state index in [0.717, 1.165) is 11.8 Å². The fraction of sp³-hybridized carbons (Fsp3) is 0.455. The van der Waals surface area contributed by atoms with Crippen LogP contribution in [0.1, 0.15) is 30.4 Å². The number of benzene rings is 1. The van der Waals surface area contributed by atoms with Gasteiger partial charge in [0.15, 0.2) is 0 Å². The lowest BCUT2D eigenvalue weighted by Gasteiger charge is -1.97. The topological polar surface area (TPSA) is 0 Å². The highest BCUT2D eigenvalue weighted by molar-refractivity contribution is 5.28. The summed E-state index contributed by atoms with van der Waals surface area (Å²) in [6, 6.07) is 8.95. The van der Waals surface area contributed by atoms with E-state index in [1.54, 1.807) is 0 Å². The Morgan fingerprint density at radius 3 is 2.18 bits per heavy atom. The zero-order chi connectivity index (χ0) is 7.84. The molecule has 0 aromatic heterocycles. The summed E-state index contributed by atoms with van der Waals surface area (Å²) < 4.78 is 0. The molecule has 1 aromatic rings. The van der Waals surface area contributed by atoms with Gasteiger partial charge in [-0.2, -0.15) is 0 Å². The van der Waals surface area contributed by atoms with Crippen molar-refractivity contribution in [3.63, 3.8) is 0 Å². The van der Waals surface area contributed by atoms with E-state index in [2.05, 4.69) is 38.1 Å². The third-order valence-corrected chi connectivity index (χ3v) is 2.61. The molecular formula is C11H14. The molecular weight excluding hydrogens is 132 g/mol. The molecule has 2 atom stereocenters. The Kier molecular flexibility index (Phi) is 1.49. The third kappa shape index (κ3) is 1.30. The molecule has 0 unspecified atom stereocenters. The Balaban J connectivity index is 2.21. The van der Waals surface area contributed by atoms with Crippen molar-refractivity contribution in [3.8, 4) is 0 Å². The highest BCUT2D eigenvalue weighted by atomic mass is 14.4. The molecule has 11 heavy (non-hydrogen) atoms. The fourth-order valence-electron chi connectivity index (χ4n) is 1.60. The summed E-state index contributed by atoms with van der Waals surface area (Å²) in [6.45, 7) is 4.46. The van der Waals surface area contributed by atoms with E-state index < -0.39 is 0 Å². The lowest BCUT2D eigenvalue weighted by Crippen LogP contribution is -1.80. The summed E-state index contributed by atoms with van der Waals surface area (Å²) in [5, 5.41) is 0. The highest BCUT2D eigenvalue weighted by Crippen LogP contribution is 2.46. The van der Waals surface area contributed by atoms with Crippen molar-refractivity contribution < 1.29 is 0 Å². The lowest BCUT2D eigenvalue weighted by molar-refractivity contribution is 0.914. The number of rotatable bonds is 1. The van der Waals surface area contributed by atoms with Gasteiger partial charge in [0, 0.05) is 0 Å². The predicted octanol–water partition coefficient (Wildman–Crippen LogP) is 3.12. The van der Waals surface area contributed by atoms with E-state index in [9.17, 15) is 0 Å². The average molecular weight is 146 g/mol. The van der Waals surface area contributed by atoms with Crippen LogP contribution in [0, 0.1) is 12.8 Å². The van der Waals surface area contributed by atoms with Gasteiger partial charge in [-0.3, -0.25) is 0 Å². The second kappa shape index (κ2) is 2.37. The molecule has 58 valence electrons. The number of hydrogen-bond acceptors (Lipinski definition) is 0. The minimum absolute atomic E-state index is 0.871. The molecule has 0 saturated heterocycles. The molecule has 1 aromatic carbocycles. The maximum atomic E-state index is 2.32. The Morgan fingerprint density at radius 1 is 1.18 bits per heavy atom. The summed E-state index contributed by atoms with van der Waals surface area (Å²) >= 11 is 0. The molecule has 0 spiro atoms. The molecule has 2 rings (SSSR count). The normalized spacial score (nSPS) is 28.5. The Bertz CT molecular complexity index is 245. The molecule has 1 aliphatic rings. The van der Waals surface area contributed by atoms with Gasteiger partial charge in [-0.1, -0.05) is 36.8 Å². The van der Waals surface area contributed by atoms with E-state index in [-0.39, 0.29) is 0 Å². The zero-order valence-electron chi connectivity index (χ0n) is 7.17. The minimum atomic E-state index is 0.871. The first-order valence-corrected chi connectivity index (χ1v) is 4.34. The molecule has 1 aliphatic carbocycles. The van der Waals surface area contributed by atoms with E-state index in [4.69, 9.17) is 0 Å². The SMILES string of the molecule is Cc1ccc([C@@H]2C[C@@H]2C)cc1. The summed E-state index contributed by atoms with van der Waals surface area (Å²) in [7, 11) is 0. The summed E-state index contributed by atoms with van der Waals surface area (Å²) in [5.41, 5.74) is 2.89. The summed E-state index contributed by atoms with van der Waals surface area (Å²) in [5.74, 6) is 1.80. The molecule has 1 fully saturated rings. The van der Waals surface area contributed by atoms with Crippen molar-refractivity contribution in [2.24, 2.45) is 5.92 Å². The first-order valence-electron chi connectivity index (χ1n) is 4.34. The monoisotopic (exact) mass is 146 g/mol. The van der Waals surface area contributed by atoms with E-state index in [1.165, 1.54) is 17.5 Å². The van der Waals surface area contributed by atoms with Crippen LogP contribution in [0.3, 0.4) is 0 Å². The molecule has 0 heteroatoms. The van der Waals surface area contributed by atoms with Crippen LogP contribution in [-0.4, -0.2) is 0 Å². The Hall–Kier alpha value is -0.780. The van der Waals surface area contributed by atoms with E-state index in [1.807, 2.05) is 0 Å². The largest absolute Gasteiger partial charge is 0.0619 e. The maximum absolute atomic E-state index is 2.32.